The number of allylic oxidation sites excluding steroid dienone is 1. The molecule has 1 fully saturated rings. The number of nitrogens with zero attached hydrogens (tertiary/aromatic N) is 2. The van der Waals surface area contributed by atoms with Crippen molar-refractivity contribution in [2.45, 2.75) is 53.0 Å². The minimum Gasteiger partial charge on any atom is -0.492 e. The van der Waals surface area contributed by atoms with E-state index in [-0.39, 0.29) is 105 Å². The summed E-state index contributed by atoms with van der Waals surface area (Å²) in [6.07, 6.45) is 6.47. The van der Waals surface area contributed by atoms with Crippen LogP contribution in [0, 0.1) is 5.41 Å². The van der Waals surface area contributed by atoms with Crippen LogP contribution in [0.15, 0.2) is 89.6 Å². The number of urea groups is 1. The van der Waals surface area contributed by atoms with E-state index < -0.39 is 35.8 Å². The molecule has 26 nitrogen and oxygen atoms in total. The van der Waals surface area contributed by atoms with Crippen molar-refractivity contribution < 1.29 is 80.8 Å². The zero-order valence-corrected chi connectivity index (χ0v) is 52.0. The summed E-state index contributed by atoms with van der Waals surface area (Å²) in [5.74, 6) is 1.63. The quantitative estimate of drug-likeness (QED) is 0.00738. The Labute approximate surface area is 521 Å². The molecule has 0 aromatic heterocycles. The maximum absolute atomic E-state index is 13.6. The second-order valence-corrected chi connectivity index (χ2v) is 20.8. The number of carbonyl (C=O) groups is 5. The number of anilines is 1. The Morgan fingerprint density at radius 3 is 1.73 bits per heavy atom. The zero-order valence-electron chi connectivity index (χ0n) is 51.2. The van der Waals surface area contributed by atoms with Crippen molar-refractivity contribution >= 4 is 70.0 Å². The Balaban J connectivity index is 0.961. The molecule has 490 valence electrons. The second-order valence-electron chi connectivity index (χ2n) is 20.4. The maximum atomic E-state index is 13.6. The summed E-state index contributed by atoms with van der Waals surface area (Å²) in [5, 5.41) is 17.9. The minimum atomic E-state index is -0.649. The van der Waals surface area contributed by atoms with Crippen molar-refractivity contribution in [3.05, 3.63) is 90.2 Å². The van der Waals surface area contributed by atoms with Crippen LogP contribution < -0.4 is 42.4 Å². The van der Waals surface area contributed by atoms with E-state index in [0.717, 1.165) is 80.6 Å². The highest BCUT2D eigenvalue weighted by molar-refractivity contribution is 6.17. The van der Waals surface area contributed by atoms with Crippen LogP contribution in [0.25, 0.3) is 10.8 Å². The van der Waals surface area contributed by atoms with Crippen LogP contribution in [0.1, 0.15) is 52.0 Å². The van der Waals surface area contributed by atoms with Crippen LogP contribution in [0.2, 0.25) is 0 Å². The van der Waals surface area contributed by atoms with Gasteiger partial charge in [-0.15, -0.1) is 11.6 Å². The molecule has 6 amide bonds. The number of hydrogen-bond donors (Lipinski definition) is 7. The van der Waals surface area contributed by atoms with E-state index in [9.17, 15) is 24.0 Å². The molecule has 0 atom stereocenters. The summed E-state index contributed by atoms with van der Waals surface area (Å²) in [6.45, 7) is 15.1. The summed E-state index contributed by atoms with van der Waals surface area (Å²) in [5.41, 5.74) is 8.37. The lowest BCUT2D eigenvalue weighted by Gasteiger charge is -2.26. The summed E-state index contributed by atoms with van der Waals surface area (Å²) in [6, 6.07) is 18.0. The van der Waals surface area contributed by atoms with Gasteiger partial charge in [-0.3, -0.25) is 10.2 Å². The van der Waals surface area contributed by atoms with E-state index in [2.05, 4.69) is 36.8 Å². The highest BCUT2D eigenvalue weighted by Crippen LogP contribution is 2.32. The number of fused-ring (bicyclic) bond motifs is 1. The average Bonchev–Trinajstić information content (AvgIpc) is 3.71. The predicted octanol–water partition coefficient (Wildman–Crippen LogP) is 7.15. The lowest BCUT2D eigenvalue weighted by Crippen LogP contribution is -2.38. The lowest BCUT2D eigenvalue weighted by molar-refractivity contribution is 0.0276. The molecule has 4 rings (SSSR count). The summed E-state index contributed by atoms with van der Waals surface area (Å²) in [4.78, 5) is 68.7. The lowest BCUT2D eigenvalue weighted by atomic mass is 9.92. The third kappa shape index (κ3) is 35.1. The van der Waals surface area contributed by atoms with Crippen molar-refractivity contribution in [2.24, 2.45) is 16.1 Å². The molecule has 1 aliphatic rings. The van der Waals surface area contributed by atoms with E-state index >= 15 is 0 Å². The standard InChI is InChI=1S/C61H92ClN9O17/c1-61(2,3)54(63)46-55(70-56(72)69-52-17-18-53(51-16-7-6-15-50(51)52)84-34-25-71-23-32-81-33-24-71)68-49-14-12-13-48(45-49)47-67-60(76)88-44-42-83-40-38-80-30-21-65-58(74)86-28-11-10-27-85-57(73)64-20-29-79-37-39-82-41-43-87-59(75)66-22-31-78-36-35-77-26-9-5-4-8-19-62/h6-7,10-18,45-46H,4-5,8-9,19-44,47,63H2,1-3H3,(H,64,73)(H,65,74)(H,66,75)(H,67,76)(H2,68,69,70,72)/b11-10-,54-46?. The van der Waals surface area contributed by atoms with Gasteiger partial charge in [0, 0.05) is 86.3 Å². The molecular weight excluding hydrogens is 1170 g/mol. The monoisotopic (exact) mass is 1260 g/mol. The number of amidine groups is 1. The summed E-state index contributed by atoms with van der Waals surface area (Å²) >= 11 is 5.66. The van der Waals surface area contributed by atoms with Crippen molar-refractivity contribution in [3.63, 3.8) is 0 Å². The topological polar surface area (TPSA) is 310 Å². The molecule has 0 spiro atoms. The zero-order chi connectivity index (χ0) is 63.1. The van der Waals surface area contributed by atoms with Gasteiger partial charge in [-0.25, -0.2) is 29.0 Å². The van der Waals surface area contributed by atoms with Crippen LogP contribution in [-0.4, -0.2) is 212 Å². The maximum Gasteiger partial charge on any atom is 0.407 e. The molecule has 0 unspecified atom stereocenters. The van der Waals surface area contributed by atoms with Gasteiger partial charge in [0.25, 0.3) is 0 Å². The minimum absolute atomic E-state index is 0.00306. The highest BCUT2D eigenvalue weighted by atomic mass is 35.5. The smallest absolute Gasteiger partial charge is 0.407 e. The molecule has 1 heterocycles. The normalized spacial score (nSPS) is 13.0. The van der Waals surface area contributed by atoms with Gasteiger partial charge in [0.2, 0.25) is 0 Å². The fourth-order valence-corrected chi connectivity index (χ4v) is 7.85. The number of unbranched alkanes of at least 4 members (excludes halogenated alkanes) is 3. The van der Waals surface area contributed by atoms with Crippen LogP contribution in [0.3, 0.4) is 0 Å². The largest absolute Gasteiger partial charge is 0.492 e. The number of rotatable bonds is 43. The number of hydrogen-bond acceptors (Lipinski definition) is 20. The Morgan fingerprint density at radius 2 is 1.14 bits per heavy atom. The van der Waals surface area contributed by atoms with Gasteiger partial charge in [-0.1, -0.05) is 70.0 Å². The summed E-state index contributed by atoms with van der Waals surface area (Å²) in [7, 11) is 0. The van der Waals surface area contributed by atoms with E-state index in [4.69, 9.17) is 79.2 Å². The van der Waals surface area contributed by atoms with Crippen LogP contribution in [-0.2, 0) is 58.7 Å². The second kappa shape index (κ2) is 46.2. The van der Waals surface area contributed by atoms with Crippen LogP contribution in [0.5, 0.6) is 5.75 Å². The number of amides is 6. The Bertz CT molecular complexity index is 2570. The Morgan fingerprint density at radius 1 is 0.602 bits per heavy atom. The van der Waals surface area contributed by atoms with Gasteiger partial charge < -0.3 is 89.2 Å². The van der Waals surface area contributed by atoms with Crippen LogP contribution >= 0.6 is 11.6 Å². The van der Waals surface area contributed by atoms with E-state index in [0.29, 0.717) is 62.5 Å². The fourth-order valence-electron chi connectivity index (χ4n) is 7.66. The predicted molar refractivity (Wildman–Crippen MR) is 334 cm³/mol. The summed E-state index contributed by atoms with van der Waals surface area (Å²) < 4.78 is 64.7. The number of morpholine rings is 1. The number of nitrogens with one attached hydrogen (secondary N) is 6. The number of ether oxygens (including phenoxy) is 12. The van der Waals surface area contributed by atoms with E-state index in [1.54, 1.807) is 24.3 Å². The van der Waals surface area contributed by atoms with Crippen molar-refractivity contribution in [1.29, 1.82) is 0 Å². The van der Waals surface area contributed by atoms with E-state index in [1.165, 1.54) is 12.2 Å². The third-order valence-electron chi connectivity index (χ3n) is 12.4. The van der Waals surface area contributed by atoms with Crippen molar-refractivity contribution in [3.8, 4) is 5.75 Å². The van der Waals surface area contributed by atoms with Gasteiger partial charge in [0.15, 0.2) is 0 Å². The molecule has 1 aliphatic heterocycles. The first-order valence-electron chi connectivity index (χ1n) is 29.8. The van der Waals surface area contributed by atoms with Gasteiger partial charge >= 0.3 is 30.4 Å². The molecule has 0 aliphatic carbocycles. The third-order valence-corrected chi connectivity index (χ3v) is 12.7. The molecule has 8 N–H and O–H groups in total. The van der Waals surface area contributed by atoms with Gasteiger partial charge in [0.05, 0.1) is 97.3 Å². The molecule has 88 heavy (non-hydrogen) atoms. The number of benzene rings is 3. The number of carbonyl (C=O) groups excluding carboxylic acids is 5. The molecule has 0 radical (unpaired) electrons. The van der Waals surface area contributed by atoms with Crippen molar-refractivity contribution in [1.82, 2.24) is 31.5 Å². The molecular formula is C61H92ClN9O17. The average molecular weight is 1260 g/mol. The molecule has 0 saturated carbocycles. The molecule has 1 saturated heterocycles. The SMILES string of the molecule is CC(C)(C)C(N)=CC(=Nc1cccc(CNC(=O)OCCOCCOCCNC(=O)OC/C=C\COC(=O)NCCOCCOCCOC(=O)NCCOCCOCCCCCCCl)c1)NC(=O)Nc1ccc(OCCN2CCOCC2)c2ccccc12. The number of alkyl halides is 1. The first-order chi connectivity index (χ1) is 42.8. The van der Waals surface area contributed by atoms with E-state index in [1.807, 2.05) is 63.2 Å². The Kier molecular flexibility index (Phi) is 38.5. The molecule has 3 aromatic carbocycles. The highest BCUT2D eigenvalue weighted by Gasteiger charge is 2.18. The first-order valence-corrected chi connectivity index (χ1v) is 30.3. The number of nitrogens with two attached hydrogens (primary N) is 1. The number of halogens is 1. The van der Waals surface area contributed by atoms with Gasteiger partial charge in [0.1, 0.15) is 44.6 Å². The first kappa shape index (κ1) is 73.5. The molecule has 0 bridgehead atoms. The fraction of sp³-hybridized carbons (Fsp3) is 0.574. The van der Waals surface area contributed by atoms with Gasteiger partial charge in [-0.05, 0) is 54.8 Å². The van der Waals surface area contributed by atoms with Crippen LogP contribution in [0.4, 0.5) is 35.3 Å². The molecule has 3 aromatic rings. The Hall–Kier alpha value is -7.01. The molecule has 27 heteroatoms. The van der Waals surface area contributed by atoms with Gasteiger partial charge in [-0.2, -0.15) is 0 Å². The number of alkyl carbamates (subject to hydrolysis) is 4. The number of aliphatic imine (C=N–C) groups is 1. The van der Waals surface area contributed by atoms with Crippen molar-refractivity contribution in [2.75, 3.05) is 176 Å².